The fourth-order valence-electron chi connectivity index (χ4n) is 0.195. The van der Waals surface area contributed by atoms with E-state index in [4.69, 9.17) is 0 Å². The average molecular weight is 126 g/mol. The molecule has 0 atom stereocenters. The van der Waals surface area contributed by atoms with E-state index >= 15 is 0 Å². The van der Waals surface area contributed by atoms with Gasteiger partial charge >= 0.3 is 6.05 Å². The summed E-state index contributed by atoms with van der Waals surface area (Å²) in [4.78, 5) is 3.86. The van der Waals surface area contributed by atoms with Crippen LogP contribution in [0.25, 0.3) is 0 Å². The minimum atomic E-state index is -3.15. The van der Waals surface area contributed by atoms with Gasteiger partial charge in [0.2, 0.25) is 0 Å². The lowest BCUT2D eigenvalue weighted by atomic mass is 10.4. The minimum absolute atomic E-state index is 0.219. The number of hydrogen-bond acceptors (Lipinski definition) is 3. The van der Waals surface area contributed by atoms with Crippen LogP contribution in [0.4, 0.5) is 8.78 Å². The molecule has 0 amide bonds. The molecule has 0 fully saturated rings. The summed E-state index contributed by atoms with van der Waals surface area (Å²) < 4.78 is 23.1. The van der Waals surface area contributed by atoms with Crippen LogP contribution >= 0.6 is 0 Å². The van der Waals surface area contributed by atoms with Gasteiger partial charge in [-0.15, -0.1) is 0 Å². The summed E-state index contributed by atoms with van der Waals surface area (Å²) in [6.45, 7) is -0.219. The van der Waals surface area contributed by atoms with Gasteiger partial charge in [0, 0.05) is 0 Å². The van der Waals surface area contributed by atoms with Gasteiger partial charge in [0.15, 0.2) is 0 Å². The predicted molar refractivity (Wildman–Crippen MR) is 23.9 cm³/mol. The van der Waals surface area contributed by atoms with Gasteiger partial charge in [0.1, 0.15) is 0 Å². The Morgan fingerprint density at radius 2 is 2.00 bits per heavy atom. The van der Waals surface area contributed by atoms with Crippen LogP contribution in [-0.2, 0) is 4.84 Å². The smallest absolute Gasteiger partial charge is 0.302 e. The van der Waals surface area contributed by atoms with E-state index in [1.165, 1.54) is 0 Å². The van der Waals surface area contributed by atoms with E-state index in [1.54, 1.807) is 0 Å². The van der Waals surface area contributed by atoms with Crippen molar-refractivity contribution in [1.29, 1.82) is 0 Å². The molecule has 0 heterocycles. The summed E-state index contributed by atoms with van der Waals surface area (Å²) in [5.74, 6) is 4.45. The third-order valence-corrected chi connectivity index (χ3v) is 0.553. The maximum Gasteiger partial charge on any atom is 0.302 e. The lowest BCUT2D eigenvalue weighted by Gasteiger charge is -2.06. The number of hydrogen-bond donors (Lipinski definition) is 2. The zero-order valence-electron chi connectivity index (χ0n) is 4.23. The summed E-state index contributed by atoms with van der Waals surface area (Å²) in [6, 6.07) is -3.15. The highest BCUT2D eigenvalue weighted by Crippen LogP contribution is 2.07. The SMILES string of the molecule is NOCCC(N)(F)F. The van der Waals surface area contributed by atoms with Crippen molar-refractivity contribution in [3.63, 3.8) is 0 Å². The van der Waals surface area contributed by atoms with Crippen LogP contribution in [0, 0.1) is 0 Å². The molecule has 0 aromatic rings. The van der Waals surface area contributed by atoms with Crippen molar-refractivity contribution in [1.82, 2.24) is 0 Å². The molecule has 5 heteroatoms. The molecule has 0 radical (unpaired) electrons. The van der Waals surface area contributed by atoms with E-state index in [0.29, 0.717) is 0 Å². The van der Waals surface area contributed by atoms with Crippen molar-refractivity contribution in [3.05, 3.63) is 0 Å². The van der Waals surface area contributed by atoms with E-state index < -0.39 is 12.5 Å². The van der Waals surface area contributed by atoms with Crippen LogP contribution < -0.4 is 11.6 Å². The Morgan fingerprint density at radius 1 is 1.50 bits per heavy atom. The van der Waals surface area contributed by atoms with Crippen molar-refractivity contribution < 1.29 is 13.6 Å². The molecule has 0 saturated heterocycles. The molecular weight excluding hydrogens is 118 g/mol. The zero-order valence-corrected chi connectivity index (χ0v) is 4.23. The van der Waals surface area contributed by atoms with Crippen molar-refractivity contribution in [2.75, 3.05) is 6.61 Å². The first-order valence-electron chi connectivity index (χ1n) is 2.04. The molecule has 50 valence electrons. The largest absolute Gasteiger partial charge is 0.304 e. The molecule has 0 aliphatic heterocycles. The lowest BCUT2D eigenvalue weighted by molar-refractivity contribution is -0.0278. The Bertz CT molecular complexity index is 62.8. The molecular formula is C3H8F2N2O. The molecule has 0 bridgehead atoms. The first-order valence-corrected chi connectivity index (χ1v) is 2.04. The summed E-state index contributed by atoms with van der Waals surface area (Å²) in [7, 11) is 0. The van der Waals surface area contributed by atoms with E-state index in [2.05, 4.69) is 16.5 Å². The Balaban J connectivity index is 3.11. The number of rotatable bonds is 3. The van der Waals surface area contributed by atoms with Gasteiger partial charge < -0.3 is 4.84 Å². The van der Waals surface area contributed by atoms with Gasteiger partial charge in [0.25, 0.3) is 0 Å². The van der Waals surface area contributed by atoms with Gasteiger partial charge in [-0.2, -0.15) is 8.78 Å². The molecule has 8 heavy (non-hydrogen) atoms. The number of alkyl halides is 2. The highest BCUT2D eigenvalue weighted by Gasteiger charge is 2.20. The number of nitrogens with two attached hydrogens (primary N) is 2. The summed E-state index contributed by atoms with van der Waals surface area (Å²) >= 11 is 0. The van der Waals surface area contributed by atoms with Crippen molar-refractivity contribution >= 4 is 0 Å². The molecule has 0 saturated carbocycles. The second-order valence-electron chi connectivity index (χ2n) is 1.38. The van der Waals surface area contributed by atoms with Crippen molar-refractivity contribution in [3.8, 4) is 0 Å². The van der Waals surface area contributed by atoms with Gasteiger partial charge in [0.05, 0.1) is 13.0 Å². The van der Waals surface area contributed by atoms with Gasteiger partial charge in [-0.1, -0.05) is 0 Å². The fraction of sp³-hybridized carbons (Fsp3) is 1.00. The van der Waals surface area contributed by atoms with Crippen LogP contribution in [0.1, 0.15) is 6.42 Å². The van der Waals surface area contributed by atoms with Crippen LogP contribution in [0.2, 0.25) is 0 Å². The molecule has 0 rings (SSSR count). The second kappa shape index (κ2) is 2.91. The van der Waals surface area contributed by atoms with Crippen molar-refractivity contribution in [2.45, 2.75) is 12.5 Å². The topological polar surface area (TPSA) is 61.3 Å². The molecule has 0 aliphatic rings. The van der Waals surface area contributed by atoms with Crippen molar-refractivity contribution in [2.24, 2.45) is 11.6 Å². The molecule has 3 nitrogen and oxygen atoms in total. The normalized spacial score (nSPS) is 12.0. The monoisotopic (exact) mass is 126 g/mol. The van der Waals surface area contributed by atoms with E-state index in [0.717, 1.165) is 0 Å². The Labute approximate surface area is 45.5 Å². The third-order valence-electron chi connectivity index (χ3n) is 0.553. The quantitative estimate of drug-likeness (QED) is 0.407. The van der Waals surface area contributed by atoms with Gasteiger partial charge in [-0.3, -0.25) is 5.73 Å². The van der Waals surface area contributed by atoms with Gasteiger partial charge in [-0.25, -0.2) is 5.90 Å². The highest BCUT2D eigenvalue weighted by atomic mass is 19.3. The summed E-state index contributed by atoms with van der Waals surface area (Å²) in [5, 5.41) is 0. The van der Waals surface area contributed by atoms with E-state index in [1.807, 2.05) is 0 Å². The van der Waals surface area contributed by atoms with Gasteiger partial charge in [-0.05, 0) is 0 Å². The van der Waals surface area contributed by atoms with E-state index in [-0.39, 0.29) is 6.61 Å². The summed E-state index contributed by atoms with van der Waals surface area (Å²) in [5.41, 5.74) is 4.25. The van der Waals surface area contributed by atoms with Crippen LogP contribution in [-0.4, -0.2) is 12.7 Å². The maximum absolute atomic E-state index is 11.6. The van der Waals surface area contributed by atoms with E-state index in [9.17, 15) is 8.78 Å². The predicted octanol–water partition coefficient (Wildman–Crippen LogP) is -0.182. The van der Waals surface area contributed by atoms with Crippen LogP contribution in [0.5, 0.6) is 0 Å². The molecule has 0 aromatic carbocycles. The first kappa shape index (κ1) is 7.74. The first-order chi connectivity index (χ1) is 3.56. The van der Waals surface area contributed by atoms with Crippen LogP contribution in [0.3, 0.4) is 0 Å². The minimum Gasteiger partial charge on any atom is -0.304 e. The lowest BCUT2D eigenvalue weighted by Crippen LogP contribution is -2.30. The Hall–Kier alpha value is -0.260. The maximum atomic E-state index is 11.6. The fourth-order valence-corrected chi connectivity index (χ4v) is 0.195. The standard InChI is InChI=1S/C3H8F2N2O/c4-3(5,6)1-2-8-7/h1-2,6-7H2. The number of halogens is 2. The van der Waals surface area contributed by atoms with Crippen LogP contribution in [0.15, 0.2) is 0 Å². The second-order valence-corrected chi connectivity index (χ2v) is 1.38. The molecule has 0 unspecified atom stereocenters. The molecule has 4 N–H and O–H groups in total. The zero-order chi connectivity index (χ0) is 6.62. The highest BCUT2D eigenvalue weighted by molar-refractivity contribution is 4.52. The third kappa shape index (κ3) is 5.74. The Kier molecular flexibility index (Phi) is 2.81. The average Bonchev–Trinajstić information content (AvgIpc) is 1.59. The molecule has 0 aliphatic carbocycles. The molecule has 0 spiro atoms. The molecule has 0 aromatic heterocycles. The summed E-state index contributed by atoms with van der Waals surface area (Å²) in [6.07, 6.45) is -0.538. The Morgan fingerprint density at radius 3 is 2.12 bits per heavy atom.